The Morgan fingerprint density at radius 3 is 2.67 bits per heavy atom. The molecule has 0 aliphatic heterocycles. The summed E-state index contributed by atoms with van der Waals surface area (Å²) in [7, 11) is 0. The van der Waals surface area contributed by atoms with Crippen LogP contribution in [0, 0.1) is 5.92 Å². The number of primary amides is 1. The molecule has 0 spiro atoms. The predicted octanol–water partition coefficient (Wildman–Crippen LogP) is 0.857. The maximum Gasteiger partial charge on any atom is 0.319 e. The molecule has 2 atom stereocenters. The molecule has 0 saturated heterocycles. The number of anilines is 1. The number of hydrogen-bond donors (Lipinski definition) is 3. The van der Waals surface area contributed by atoms with Crippen molar-refractivity contribution in [3.05, 3.63) is 24.5 Å². The van der Waals surface area contributed by atoms with Crippen molar-refractivity contribution < 1.29 is 9.59 Å². The smallest absolute Gasteiger partial charge is 0.319 e. The number of nitrogens with one attached hydrogen (secondary N) is 2. The third kappa shape index (κ3) is 2.97. The van der Waals surface area contributed by atoms with Gasteiger partial charge in [0.25, 0.3) is 0 Å². The Labute approximate surface area is 105 Å². The van der Waals surface area contributed by atoms with E-state index in [1.54, 1.807) is 24.5 Å². The van der Waals surface area contributed by atoms with Gasteiger partial charge in [-0.05, 0) is 25.0 Å². The Kier molecular flexibility index (Phi) is 3.76. The molecule has 0 bridgehead atoms. The molecule has 1 fully saturated rings. The standard InChI is InChI=1S/C12H16N4O2/c13-11(17)9-2-1-3-10(9)16-12(18)15-8-4-6-14-7-5-8/h4-7,9-10H,1-3H2,(H2,13,17)(H2,14,15,16,18)/t9-,10+/m1/s1. The first-order chi connectivity index (χ1) is 8.66. The van der Waals surface area contributed by atoms with E-state index in [2.05, 4.69) is 15.6 Å². The number of carbonyl (C=O) groups is 2. The van der Waals surface area contributed by atoms with E-state index in [1.165, 1.54) is 0 Å². The minimum absolute atomic E-state index is 0.163. The highest BCUT2D eigenvalue weighted by Gasteiger charge is 2.32. The van der Waals surface area contributed by atoms with Crippen LogP contribution in [-0.4, -0.2) is 23.0 Å². The molecule has 1 saturated carbocycles. The summed E-state index contributed by atoms with van der Waals surface area (Å²) < 4.78 is 0. The number of nitrogens with zero attached hydrogens (tertiary/aromatic N) is 1. The van der Waals surface area contributed by atoms with Gasteiger partial charge in [-0.3, -0.25) is 9.78 Å². The molecule has 1 aliphatic carbocycles. The van der Waals surface area contributed by atoms with Crippen LogP contribution < -0.4 is 16.4 Å². The summed E-state index contributed by atoms with van der Waals surface area (Å²) in [6.07, 6.45) is 5.63. The number of rotatable bonds is 3. The maximum atomic E-state index is 11.7. The van der Waals surface area contributed by atoms with Crippen LogP contribution in [0.5, 0.6) is 0 Å². The minimum Gasteiger partial charge on any atom is -0.369 e. The average Bonchev–Trinajstić information content (AvgIpc) is 2.78. The lowest BCUT2D eigenvalue weighted by atomic mass is 10.0. The summed E-state index contributed by atoms with van der Waals surface area (Å²) in [5.41, 5.74) is 5.96. The van der Waals surface area contributed by atoms with Crippen molar-refractivity contribution in [2.45, 2.75) is 25.3 Å². The fourth-order valence-electron chi connectivity index (χ4n) is 2.24. The molecule has 0 unspecified atom stereocenters. The molecule has 0 aromatic carbocycles. The molecule has 0 radical (unpaired) electrons. The van der Waals surface area contributed by atoms with E-state index in [0.29, 0.717) is 5.69 Å². The van der Waals surface area contributed by atoms with Crippen molar-refractivity contribution in [2.24, 2.45) is 11.7 Å². The second-order valence-corrected chi connectivity index (χ2v) is 4.38. The van der Waals surface area contributed by atoms with Crippen molar-refractivity contribution >= 4 is 17.6 Å². The molecule has 1 aliphatic rings. The molecule has 6 heteroatoms. The minimum atomic E-state index is -0.346. The fourth-order valence-corrected chi connectivity index (χ4v) is 2.24. The molecule has 4 N–H and O–H groups in total. The van der Waals surface area contributed by atoms with E-state index in [1.807, 2.05) is 0 Å². The maximum absolute atomic E-state index is 11.7. The SMILES string of the molecule is NC(=O)[C@@H]1CCC[C@@H]1NC(=O)Nc1ccncc1. The van der Waals surface area contributed by atoms with E-state index in [-0.39, 0.29) is 23.9 Å². The largest absolute Gasteiger partial charge is 0.369 e. The van der Waals surface area contributed by atoms with Crippen molar-refractivity contribution in [2.75, 3.05) is 5.32 Å². The van der Waals surface area contributed by atoms with Crippen LogP contribution in [0.1, 0.15) is 19.3 Å². The lowest BCUT2D eigenvalue weighted by molar-refractivity contribution is -0.122. The number of carbonyl (C=O) groups excluding carboxylic acids is 2. The Bertz CT molecular complexity index is 435. The van der Waals surface area contributed by atoms with Gasteiger partial charge in [-0.25, -0.2) is 4.79 Å². The molecular formula is C12H16N4O2. The summed E-state index contributed by atoms with van der Waals surface area (Å²) in [4.78, 5) is 26.8. The zero-order valence-electron chi connectivity index (χ0n) is 9.93. The van der Waals surface area contributed by atoms with E-state index in [4.69, 9.17) is 5.73 Å². The van der Waals surface area contributed by atoms with Crippen LogP contribution in [0.4, 0.5) is 10.5 Å². The van der Waals surface area contributed by atoms with Crippen LogP contribution in [0.2, 0.25) is 0 Å². The van der Waals surface area contributed by atoms with Crippen LogP contribution >= 0.6 is 0 Å². The number of pyridine rings is 1. The van der Waals surface area contributed by atoms with E-state index in [0.717, 1.165) is 19.3 Å². The number of urea groups is 1. The highest BCUT2D eigenvalue weighted by atomic mass is 16.2. The van der Waals surface area contributed by atoms with Gasteiger partial charge in [0.1, 0.15) is 0 Å². The monoisotopic (exact) mass is 248 g/mol. The third-order valence-electron chi connectivity index (χ3n) is 3.14. The summed E-state index contributed by atoms with van der Waals surface area (Å²) in [5, 5.41) is 5.47. The Hall–Kier alpha value is -2.11. The van der Waals surface area contributed by atoms with Gasteiger partial charge in [0.05, 0.1) is 5.92 Å². The van der Waals surface area contributed by atoms with Crippen molar-refractivity contribution in [1.82, 2.24) is 10.3 Å². The van der Waals surface area contributed by atoms with Crippen molar-refractivity contribution in [1.29, 1.82) is 0 Å². The van der Waals surface area contributed by atoms with E-state index >= 15 is 0 Å². The molecular weight excluding hydrogens is 232 g/mol. The Morgan fingerprint density at radius 1 is 1.28 bits per heavy atom. The summed E-state index contributed by atoms with van der Waals surface area (Å²) in [5.74, 6) is -0.602. The van der Waals surface area contributed by atoms with Crippen LogP contribution in [-0.2, 0) is 4.79 Å². The summed E-state index contributed by atoms with van der Waals surface area (Å²) in [6.45, 7) is 0. The number of aromatic nitrogens is 1. The second kappa shape index (κ2) is 5.48. The van der Waals surface area contributed by atoms with E-state index < -0.39 is 0 Å². The molecule has 1 aromatic heterocycles. The Balaban J connectivity index is 1.90. The summed E-state index contributed by atoms with van der Waals surface area (Å²) >= 11 is 0. The first-order valence-electron chi connectivity index (χ1n) is 5.93. The Morgan fingerprint density at radius 2 is 2.00 bits per heavy atom. The second-order valence-electron chi connectivity index (χ2n) is 4.38. The van der Waals surface area contributed by atoms with Gasteiger partial charge in [0, 0.05) is 24.1 Å². The first kappa shape index (κ1) is 12.3. The quantitative estimate of drug-likeness (QED) is 0.740. The van der Waals surface area contributed by atoms with Gasteiger partial charge in [0.2, 0.25) is 5.91 Å². The number of amides is 3. The third-order valence-corrected chi connectivity index (χ3v) is 3.14. The first-order valence-corrected chi connectivity index (χ1v) is 5.93. The zero-order chi connectivity index (χ0) is 13.0. The van der Waals surface area contributed by atoms with Crippen LogP contribution in [0.25, 0.3) is 0 Å². The highest BCUT2D eigenvalue weighted by molar-refractivity contribution is 5.90. The van der Waals surface area contributed by atoms with Gasteiger partial charge in [-0.15, -0.1) is 0 Å². The van der Waals surface area contributed by atoms with Gasteiger partial charge in [-0.2, -0.15) is 0 Å². The summed E-state index contributed by atoms with van der Waals surface area (Å²) in [6, 6.07) is 2.91. The van der Waals surface area contributed by atoms with Crippen LogP contribution in [0.15, 0.2) is 24.5 Å². The molecule has 6 nitrogen and oxygen atoms in total. The normalized spacial score (nSPS) is 22.4. The molecule has 1 heterocycles. The lowest BCUT2D eigenvalue weighted by Gasteiger charge is -2.18. The fraction of sp³-hybridized carbons (Fsp3) is 0.417. The van der Waals surface area contributed by atoms with Gasteiger partial charge < -0.3 is 16.4 Å². The van der Waals surface area contributed by atoms with Gasteiger partial charge >= 0.3 is 6.03 Å². The molecule has 2 rings (SSSR count). The van der Waals surface area contributed by atoms with Gasteiger partial charge in [0.15, 0.2) is 0 Å². The average molecular weight is 248 g/mol. The molecule has 18 heavy (non-hydrogen) atoms. The zero-order valence-corrected chi connectivity index (χ0v) is 9.93. The molecule has 3 amide bonds. The number of nitrogens with two attached hydrogens (primary N) is 1. The highest BCUT2D eigenvalue weighted by Crippen LogP contribution is 2.25. The van der Waals surface area contributed by atoms with Gasteiger partial charge in [-0.1, -0.05) is 6.42 Å². The van der Waals surface area contributed by atoms with Crippen molar-refractivity contribution in [3.63, 3.8) is 0 Å². The molecule has 1 aromatic rings. The van der Waals surface area contributed by atoms with Crippen LogP contribution in [0.3, 0.4) is 0 Å². The van der Waals surface area contributed by atoms with E-state index in [9.17, 15) is 9.59 Å². The topological polar surface area (TPSA) is 97.1 Å². The molecule has 96 valence electrons. The predicted molar refractivity (Wildman–Crippen MR) is 66.7 cm³/mol. The lowest BCUT2D eigenvalue weighted by Crippen LogP contribution is -2.44. The number of hydrogen-bond acceptors (Lipinski definition) is 3. The van der Waals surface area contributed by atoms with Crippen molar-refractivity contribution in [3.8, 4) is 0 Å².